The molecular formula is C10H9F3O2. The van der Waals surface area contributed by atoms with Crippen LogP contribution in [0.2, 0.25) is 0 Å². The summed E-state index contributed by atoms with van der Waals surface area (Å²) in [5, 5.41) is 0. The van der Waals surface area contributed by atoms with Crippen molar-refractivity contribution >= 4 is 5.78 Å². The Balaban J connectivity index is 3.31. The highest BCUT2D eigenvalue weighted by atomic mass is 19.3. The van der Waals surface area contributed by atoms with Gasteiger partial charge in [-0.1, -0.05) is 6.07 Å². The van der Waals surface area contributed by atoms with Gasteiger partial charge < -0.3 is 4.74 Å². The lowest BCUT2D eigenvalue weighted by atomic mass is 10.1. The number of halogens is 3. The van der Waals surface area contributed by atoms with Crippen molar-refractivity contribution < 1.29 is 22.7 Å². The molecule has 0 atom stereocenters. The van der Waals surface area contributed by atoms with E-state index < -0.39 is 29.5 Å². The lowest BCUT2D eigenvalue weighted by molar-refractivity contribution is -0.0507. The average molecular weight is 218 g/mol. The molecule has 0 saturated heterocycles. The zero-order chi connectivity index (χ0) is 11.6. The number of hydrogen-bond acceptors (Lipinski definition) is 2. The minimum absolute atomic E-state index is 0.293. The van der Waals surface area contributed by atoms with E-state index in [1.54, 1.807) is 0 Å². The highest BCUT2D eigenvalue weighted by Gasteiger charge is 2.19. The fourth-order valence-corrected chi connectivity index (χ4v) is 1.23. The molecular weight excluding hydrogens is 209 g/mol. The number of benzene rings is 1. The number of alkyl halides is 2. The Morgan fingerprint density at radius 3 is 2.47 bits per heavy atom. The van der Waals surface area contributed by atoms with Crippen LogP contribution in [0.4, 0.5) is 13.2 Å². The van der Waals surface area contributed by atoms with E-state index in [-0.39, 0.29) is 0 Å². The van der Waals surface area contributed by atoms with Crippen LogP contribution >= 0.6 is 0 Å². The minimum Gasteiger partial charge on any atom is -0.434 e. The first-order valence-electron chi connectivity index (χ1n) is 4.18. The summed E-state index contributed by atoms with van der Waals surface area (Å²) in [5.41, 5.74) is -0.141. The van der Waals surface area contributed by atoms with Crippen LogP contribution in [0.15, 0.2) is 12.1 Å². The van der Waals surface area contributed by atoms with Crippen molar-refractivity contribution in [2.24, 2.45) is 0 Å². The number of rotatable bonds is 3. The Morgan fingerprint density at radius 1 is 1.40 bits per heavy atom. The maximum atomic E-state index is 13.2. The Labute approximate surface area is 84.7 Å². The minimum atomic E-state index is -3.08. The molecule has 0 N–H and O–H groups in total. The van der Waals surface area contributed by atoms with Gasteiger partial charge in [0.15, 0.2) is 5.78 Å². The zero-order valence-electron chi connectivity index (χ0n) is 8.18. The van der Waals surface area contributed by atoms with E-state index in [1.807, 2.05) is 0 Å². The van der Waals surface area contributed by atoms with E-state index in [0.717, 1.165) is 13.0 Å². The summed E-state index contributed by atoms with van der Waals surface area (Å²) in [6, 6.07) is 2.32. The Kier molecular flexibility index (Phi) is 3.34. The quantitative estimate of drug-likeness (QED) is 0.729. The monoisotopic (exact) mass is 218 g/mol. The van der Waals surface area contributed by atoms with Crippen LogP contribution in [-0.4, -0.2) is 12.4 Å². The summed E-state index contributed by atoms with van der Waals surface area (Å²) in [6.45, 7) is -0.525. The van der Waals surface area contributed by atoms with Gasteiger partial charge in [0, 0.05) is 0 Å². The van der Waals surface area contributed by atoms with Gasteiger partial charge in [0.05, 0.1) is 5.56 Å². The molecule has 1 rings (SSSR count). The maximum absolute atomic E-state index is 13.2. The molecule has 15 heavy (non-hydrogen) atoms. The van der Waals surface area contributed by atoms with Crippen molar-refractivity contribution in [3.8, 4) is 5.75 Å². The molecule has 82 valence electrons. The highest BCUT2D eigenvalue weighted by molar-refractivity contribution is 5.97. The first-order chi connectivity index (χ1) is 6.93. The van der Waals surface area contributed by atoms with Gasteiger partial charge in [-0.05, 0) is 25.5 Å². The van der Waals surface area contributed by atoms with Crippen molar-refractivity contribution in [2.45, 2.75) is 20.5 Å². The van der Waals surface area contributed by atoms with Crippen LogP contribution in [0.5, 0.6) is 5.75 Å². The molecule has 0 aliphatic rings. The smallest absolute Gasteiger partial charge is 0.387 e. The Hall–Kier alpha value is -1.52. The molecule has 0 radical (unpaired) electrons. The third-order valence-electron chi connectivity index (χ3n) is 1.86. The van der Waals surface area contributed by atoms with E-state index in [1.165, 1.54) is 13.0 Å². The van der Waals surface area contributed by atoms with Gasteiger partial charge >= 0.3 is 6.61 Å². The summed E-state index contributed by atoms with van der Waals surface area (Å²) < 4.78 is 41.3. The number of carbonyl (C=O) groups is 1. The van der Waals surface area contributed by atoms with E-state index >= 15 is 0 Å². The van der Waals surface area contributed by atoms with E-state index in [4.69, 9.17) is 0 Å². The first-order valence-corrected chi connectivity index (χ1v) is 4.18. The van der Waals surface area contributed by atoms with Crippen molar-refractivity contribution in [3.05, 3.63) is 29.1 Å². The molecule has 2 nitrogen and oxygen atoms in total. The molecule has 0 bridgehead atoms. The second kappa shape index (κ2) is 4.33. The second-order valence-electron chi connectivity index (χ2n) is 3.00. The largest absolute Gasteiger partial charge is 0.434 e. The van der Waals surface area contributed by atoms with Gasteiger partial charge in [-0.3, -0.25) is 4.79 Å². The van der Waals surface area contributed by atoms with Crippen molar-refractivity contribution in [3.63, 3.8) is 0 Å². The lowest BCUT2D eigenvalue weighted by Gasteiger charge is -2.12. The van der Waals surface area contributed by atoms with Crippen LogP contribution in [0, 0.1) is 12.7 Å². The molecule has 0 fully saturated rings. The van der Waals surface area contributed by atoms with Gasteiger partial charge in [0.25, 0.3) is 0 Å². The van der Waals surface area contributed by atoms with Crippen molar-refractivity contribution in [2.75, 3.05) is 0 Å². The fraction of sp³-hybridized carbons (Fsp3) is 0.300. The second-order valence-corrected chi connectivity index (χ2v) is 3.00. The molecule has 1 aromatic rings. The molecule has 0 saturated carbocycles. The Bertz CT molecular complexity index is 388. The molecule has 0 amide bonds. The third-order valence-corrected chi connectivity index (χ3v) is 1.86. The topological polar surface area (TPSA) is 26.3 Å². The van der Waals surface area contributed by atoms with Crippen LogP contribution in [-0.2, 0) is 0 Å². The van der Waals surface area contributed by atoms with E-state index in [2.05, 4.69) is 4.74 Å². The zero-order valence-corrected chi connectivity index (χ0v) is 8.18. The van der Waals surface area contributed by atoms with Crippen LogP contribution in [0.25, 0.3) is 0 Å². The summed E-state index contributed by atoms with van der Waals surface area (Å²) in [5.74, 6) is -1.90. The molecule has 0 aromatic heterocycles. The predicted octanol–water partition coefficient (Wildman–Crippen LogP) is 2.94. The molecule has 0 aliphatic carbocycles. The summed E-state index contributed by atoms with van der Waals surface area (Å²) in [6.07, 6.45) is 0. The van der Waals surface area contributed by atoms with Gasteiger partial charge in [-0.25, -0.2) is 4.39 Å². The van der Waals surface area contributed by atoms with Gasteiger partial charge in [0.1, 0.15) is 11.6 Å². The molecule has 0 heterocycles. The predicted molar refractivity (Wildman–Crippen MR) is 47.8 cm³/mol. The first kappa shape index (κ1) is 11.6. The maximum Gasteiger partial charge on any atom is 0.387 e. The number of ether oxygens (including phenoxy) is 1. The number of ketones is 1. The van der Waals surface area contributed by atoms with Crippen LogP contribution < -0.4 is 4.74 Å². The number of aryl methyl sites for hydroxylation is 1. The SMILES string of the molecule is CC(=O)c1c(F)ccc(C)c1OC(F)F. The highest BCUT2D eigenvalue weighted by Crippen LogP contribution is 2.28. The summed E-state index contributed by atoms with van der Waals surface area (Å²) in [7, 11) is 0. The van der Waals surface area contributed by atoms with Gasteiger partial charge in [-0.15, -0.1) is 0 Å². The third kappa shape index (κ3) is 2.49. The van der Waals surface area contributed by atoms with E-state index in [9.17, 15) is 18.0 Å². The molecule has 5 heteroatoms. The van der Waals surface area contributed by atoms with Gasteiger partial charge in [0.2, 0.25) is 0 Å². The average Bonchev–Trinajstić information content (AvgIpc) is 2.10. The van der Waals surface area contributed by atoms with Crippen molar-refractivity contribution in [1.82, 2.24) is 0 Å². The molecule has 0 aliphatic heterocycles. The van der Waals surface area contributed by atoms with Crippen molar-refractivity contribution in [1.29, 1.82) is 0 Å². The van der Waals surface area contributed by atoms with Crippen LogP contribution in [0.1, 0.15) is 22.8 Å². The van der Waals surface area contributed by atoms with Crippen LogP contribution in [0.3, 0.4) is 0 Å². The summed E-state index contributed by atoms with van der Waals surface area (Å²) >= 11 is 0. The number of carbonyl (C=O) groups excluding carboxylic acids is 1. The Morgan fingerprint density at radius 2 is 2.00 bits per heavy atom. The number of hydrogen-bond donors (Lipinski definition) is 0. The molecule has 0 unspecified atom stereocenters. The van der Waals surface area contributed by atoms with E-state index in [0.29, 0.717) is 5.56 Å². The number of Topliss-reactive ketones (excluding diaryl/α,β-unsaturated/α-hetero) is 1. The van der Waals surface area contributed by atoms with Gasteiger partial charge in [-0.2, -0.15) is 8.78 Å². The normalized spacial score (nSPS) is 10.5. The fourth-order valence-electron chi connectivity index (χ4n) is 1.23. The lowest BCUT2D eigenvalue weighted by Crippen LogP contribution is -2.09. The standard InChI is InChI=1S/C10H9F3O2/c1-5-3-4-7(11)8(6(2)14)9(5)15-10(12)13/h3-4,10H,1-2H3. The molecule has 0 spiro atoms. The summed E-state index contributed by atoms with van der Waals surface area (Å²) in [4.78, 5) is 11.1. The molecule has 1 aromatic carbocycles.